The highest BCUT2D eigenvalue weighted by Gasteiger charge is 2.20. The summed E-state index contributed by atoms with van der Waals surface area (Å²) < 4.78 is 0. The minimum absolute atomic E-state index is 0.472. The van der Waals surface area contributed by atoms with Crippen molar-refractivity contribution in [1.29, 1.82) is 0 Å². The fourth-order valence-electron chi connectivity index (χ4n) is 3.44. The third kappa shape index (κ3) is 6.35. The molecule has 1 saturated heterocycles. The van der Waals surface area contributed by atoms with Gasteiger partial charge in [0.15, 0.2) is 10.3 Å². The number of nitrogens with zero attached hydrogens (tertiary/aromatic N) is 5. The number of thiocarbonyl (C=S) groups is 1. The van der Waals surface area contributed by atoms with Crippen molar-refractivity contribution in [3.63, 3.8) is 0 Å². The van der Waals surface area contributed by atoms with Crippen LogP contribution in [0.15, 0.2) is 65.0 Å². The van der Waals surface area contributed by atoms with E-state index in [4.69, 9.17) is 17.2 Å². The van der Waals surface area contributed by atoms with Crippen molar-refractivity contribution in [1.82, 2.24) is 25.3 Å². The molecule has 9 heteroatoms. The lowest BCUT2D eigenvalue weighted by Gasteiger charge is -2.32. The summed E-state index contributed by atoms with van der Waals surface area (Å²) in [6.07, 6.45) is 5.87. The summed E-state index contributed by atoms with van der Waals surface area (Å²) >= 11 is 6.89. The maximum atomic E-state index is 5.48. The third-order valence-electron chi connectivity index (χ3n) is 4.93. The maximum Gasteiger partial charge on any atom is 0.232 e. The van der Waals surface area contributed by atoms with E-state index in [0.29, 0.717) is 28.7 Å². The molecule has 0 saturated carbocycles. The molecule has 1 fully saturated rings. The monoisotopic (exact) mass is 451 g/mol. The van der Waals surface area contributed by atoms with E-state index in [9.17, 15) is 0 Å². The highest BCUT2D eigenvalue weighted by molar-refractivity contribution is 7.99. The second-order valence-corrected chi connectivity index (χ2v) is 8.90. The predicted octanol–water partition coefficient (Wildman–Crippen LogP) is 4.14. The molecular formula is C22H25N7S2. The Bertz CT molecular complexity index is 1000. The van der Waals surface area contributed by atoms with Crippen LogP contribution < -0.4 is 15.5 Å². The fraction of sp³-hybridized carbons (Fsp3) is 0.318. The Morgan fingerprint density at radius 1 is 1.16 bits per heavy atom. The van der Waals surface area contributed by atoms with E-state index < -0.39 is 0 Å². The average Bonchev–Trinajstić information content (AvgIpc) is 2.79. The minimum atomic E-state index is 0.472. The Labute approximate surface area is 192 Å². The Morgan fingerprint density at radius 2 is 1.97 bits per heavy atom. The number of nitrogens with one attached hydrogen (secondary N) is 2. The second kappa shape index (κ2) is 10.5. The van der Waals surface area contributed by atoms with Crippen LogP contribution in [0.4, 0.5) is 11.8 Å². The molecule has 2 aromatic heterocycles. The van der Waals surface area contributed by atoms with Crippen LogP contribution in [0.3, 0.4) is 0 Å². The molecule has 0 amide bonds. The molecule has 2 N–H and O–H groups in total. The predicted molar refractivity (Wildman–Crippen MR) is 128 cm³/mol. The normalized spacial score (nSPS) is 16.0. The number of piperidine rings is 1. The van der Waals surface area contributed by atoms with E-state index in [1.54, 1.807) is 18.5 Å². The molecule has 160 valence electrons. The summed E-state index contributed by atoms with van der Waals surface area (Å²) in [5, 5.41) is 8.28. The standard InChI is InChI=1S/C22H25N7S2/c1-16-7-5-12-29(15-16)18-13-19(31-22-23-10-6-11-24-22)27-20(26-18)28-21(30)25-14-17-8-3-2-4-9-17/h2-4,6,8-11,13,16H,5,7,12,14-15H2,1H3,(H2,25,26,27,28,30)/t16-/m1/s1. The lowest BCUT2D eigenvalue weighted by Crippen LogP contribution is -2.35. The SMILES string of the molecule is C[C@@H]1CCCN(c2cc(Sc3ncccn3)nc(NC(=S)NCc3ccccc3)n2)C1. The number of hydrogen-bond donors (Lipinski definition) is 2. The minimum Gasteiger partial charge on any atom is -0.358 e. The van der Waals surface area contributed by atoms with Crippen LogP contribution in [0.5, 0.6) is 0 Å². The molecule has 4 rings (SSSR count). The van der Waals surface area contributed by atoms with Crippen LogP contribution >= 0.6 is 24.0 Å². The number of benzene rings is 1. The van der Waals surface area contributed by atoms with E-state index in [0.717, 1.165) is 35.9 Å². The van der Waals surface area contributed by atoms with Crippen molar-refractivity contribution in [2.75, 3.05) is 23.3 Å². The molecular weight excluding hydrogens is 426 g/mol. The highest BCUT2D eigenvalue weighted by atomic mass is 32.2. The van der Waals surface area contributed by atoms with E-state index in [1.807, 2.05) is 24.3 Å². The summed E-state index contributed by atoms with van der Waals surface area (Å²) in [7, 11) is 0. The van der Waals surface area contributed by atoms with Gasteiger partial charge < -0.3 is 15.5 Å². The zero-order chi connectivity index (χ0) is 21.5. The van der Waals surface area contributed by atoms with Gasteiger partial charge in [-0.1, -0.05) is 37.3 Å². The van der Waals surface area contributed by atoms with Gasteiger partial charge in [0.25, 0.3) is 0 Å². The van der Waals surface area contributed by atoms with E-state index in [-0.39, 0.29) is 0 Å². The molecule has 0 unspecified atom stereocenters. The number of rotatable bonds is 6. The van der Waals surface area contributed by atoms with Crippen LogP contribution in [0.25, 0.3) is 0 Å². The lowest BCUT2D eigenvalue weighted by atomic mass is 10.0. The third-order valence-corrected chi connectivity index (χ3v) is 5.99. The van der Waals surface area contributed by atoms with Crippen molar-refractivity contribution in [2.45, 2.75) is 36.5 Å². The Kier molecular flexibility index (Phi) is 7.26. The largest absolute Gasteiger partial charge is 0.358 e. The number of anilines is 2. The smallest absolute Gasteiger partial charge is 0.232 e. The summed E-state index contributed by atoms with van der Waals surface area (Å²) in [6, 6.07) is 13.9. The number of aromatic nitrogens is 4. The summed E-state index contributed by atoms with van der Waals surface area (Å²) in [4.78, 5) is 20.3. The van der Waals surface area contributed by atoms with Gasteiger partial charge >= 0.3 is 0 Å². The van der Waals surface area contributed by atoms with E-state index >= 15 is 0 Å². The molecule has 0 radical (unpaired) electrons. The molecule has 0 bridgehead atoms. The second-order valence-electron chi connectivity index (χ2n) is 7.51. The molecule has 1 aliphatic rings. The van der Waals surface area contributed by atoms with Crippen molar-refractivity contribution in [2.24, 2.45) is 5.92 Å². The first-order chi connectivity index (χ1) is 15.2. The Hall–Kier alpha value is -2.78. The van der Waals surface area contributed by atoms with Crippen molar-refractivity contribution >= 4 is 40.9 Å². The average molecular weight is 452 g/mol. The van der Waals surface area contributed by atoms with E-state index in [1.165, 1.54) is 18.2 Å². The highest BCUT2D eigenvalue weighted by Crippen LogP contribution is 2.29. The van der Waals surface area contributed by atoms with Gasteiger partial charge in [0.2, 0.25) is 5.95 Å². The van der Waals surface area contributed by atoms with Crippen molar-refractivity contribution in [3.05, 3.63) is 60.4 Å². The molecule has 3 heterocycles. The van der Waals surface area contributed by atoms with Gasteiger partial charge in [-0.15, -0.1) is 0 Å². The van der Waals surface area contributed by atoms with Crippen LogP contribution in [0, 0.1) is 5.92 Å². The van der Waals surface area contributed by atoms with Crippen LogP contribution in [-0.2, 0) is 6.54 Å². The fourth-order valence-corrected chi connectivity index (χ4v) is 4.31. The molecule has 3 aromatic rings. The van der Waals surface area contributed by atoms with Crippen molar-refractivity contribution in [3.8, 4) is 0 Å². The molecule has 7 nitrogen and oxygen atoms in total. The summed E-state index contributed by atoms with van der Waals surface area (Å²) in [5.41, 5.74) is 1.15. The zero-order valence-electron chi connectivity index (χ0n) is 17.4. The molecule has 1 aliphatic heterocycles. The van der Waals surface area contributed by atoms with Gasteiger partial charge in [-0.2, -0.15) is 4.98 Å². The van der Waals surface area contributed by atoms with Crippen molar-refractivity contribution < 1.29 is 0 Å². The molecule has 31 heavy (non-hydrogen) atoms. The molecule has 1 atom stereocenters. The van der Waals surface area contributed by atoms with Gasteiger partial charge in [-0.3, -0.25) is 0 Å². The molecule has 0 spiro atoms. The first-order valence-electron chi connectivity index (χ1n) is 10.3. The van der Waals surface area contributed by atoms with Gasteiger partial charge in [0.1, 0.15) is 10.8 Å². The topological polar surface area (TPSA) is 78.9 Å². The number of hydrogen-bond acceptors (Lipinski definition) is 7. The van der Waals surface area contributed by atoms with Crippen LogP contribution in [-0.4, -0.2) is 38.1 Å². The lowest BCUT2D eigenvalue weighted by molar-refractivity contribution is 0.444. The molecule has 1 aromatic carbocycles. The summed E-state index contributed by atoms with van der Waals surface area (Å²) in [6.45, 7) is 4.89. The van der Waals surface area contributed by atoms with Gasteiger partial charge in [0.05, 0.1) is 0 Å². The van der Waals surface area contributed by atoms with E-state index in [2.05, 4.69) is 49.5 Å². The van der Waals surface area contributed by atoms with Crippen LogP contribution in [0.2, 0.25) is 0 Å². The van der Waals surface area contributed by atoms with Gasteiger partial charge in [0, 0.05) is 38.1 Å². The Balaban J connectivity index is 1.51. The van der Waals surface area contributed by atoms with Crippen LogP contribution in [0.1, 0.15) is 25.3 Å². The first kappa shape index (κ1) is 21.5. The van der Waals surface area contributed by atoms with Gasteiger partial charge in [-0.05, 0) is 54.4 Å². The zero-order valence-corrected chi connectivity index (χ0v) is 19.0. The molecule has 0 aliphatic carbocycles. The quantitative estimate of drug-likeness (QED) is 0.326. The first-order valence-corrected chi connectivity index (χ1v) is 11.6. The van der Waals surface area contributed by atoms with Gasteiger partial charge in [-0.25, -0.2) is 15.0 Å². The Morgan fingerprint density at radius 3 is 2.74 bits per heavy atom. The maximum absolute atomic E-state index is 5.48. The summed E-state index contributed by atoms with van der Waals surface area (Å²) in [5.74, 6) is 2.01.